The molecule has 1 aliphatic rings. The summed E-state index contributed by atoms with van der Waals surface area (Å²) in [5.74, 6) is 2.43. The fourth-order valence-corrected chi connectivity index (χ4v) is 1.34. The van der Waals surface area contributed by atoms with Gasteiger partial charge in [0.15, 0.2) is 0 Å². The Hall–Kier alpha value is -0.990. The van der Waals surface area contributed by atoms with Crippen molar-refractivity contribution in [1.82, 2.24) is 10.2 Å². The van der Waals surface area contributed by atoms with Crippen molar-refractivity contribution < 1.29 is 0 Å². The van der Waals surface area contributed by atoms with E-state index in [-0.39, 0.29) is 0 Å². The van der Waals surface area contributed by atoms with Crippen LogP contribution in [0, 0.1) is 5.92 Å². The van der Waals surface area contributed by atoms with Crippen LogP contribution in [0.4, 0.5) is 5.82 Å². The summed E-state index contributed by atoms with van der Waals surface area (Å²) in [5.41, 5.74) is 1.30. The highest BCUT2D eigenvalue weighted by Gasteiger charge is 2.25. The highest BCUT2D eigenvalue weighted by molar-refractivity contribution is 5.37. The summed E-state index contributed by atoms with van der Waals surface area (Å²) in [6, 6.07) is 2.14. The zero-order valence-corrected chi connectivity index (χ0v) is 8.30. The summed E-state index contributed by atoms with van der Waals surface area (Å²) in [7, 11) is 0. The van der Waals surface area contributed by atoms with E-state index in [1.807, 2.05) is 0 Å². The zero-order chi connectivity index (χ0) is 9.26. The molecule has 0 radical (unpaired) electrons. The van der Waals surface area contributed by atoms with Crippen LogP contribution in [0.25, 0.3) is 0 Å². The summed E-state index contributed by atoms with van der Waals surface area (Å²) in [6.45, 7) is 5.39. The van der Waals surface area contributed by atoms with Crippen molar-refractivity contribution in [2.75, 3.05) is 11.9 Å². The fourth-order valence-electron chi connectivity index (χ4n) is 1.34. The lowest BCUT2D eigenvalue weighted by molar-refractivity contribution is 0.686. The smallest absolute Gasteiger partial charge is 0.148 e. The van der Waals surface area contributed by atoms with E-state index in [0.29, 0.717) is 5.92 Å². The third-order valence-electron chi connectivity index (χ3n) is 2.31. The van der Waals surface area contributed by atoms with Gasteiger partial charge in [0.25, 0.3) is 0 Å². The van der Waals surface area contributed by atoms with Gasteiger partial charge >= 0.3 is 0 Å². The van der Waals surface area contributed by atoms with Crippen LogP contribution in [0.5, 0.6) is 0 Å². The number of hydrogen-bond donors (Lipinski definition) is 2. The maximum atomic E-state index is 4.21. The maximum Gasteiger partial charge on any atom is 0.148 e. The van der Waals surface area contributed by atoms with Crippen LogP contribution in [0.2, 0.25) is 0 Å². The highest BCUT2D eigenvalue weighted by atomic mass is 15.2. The fraction of sp³-hybridized carbons (Fsp3) is 0.700. The Labute approximate surface area is 78.9 Å². The first-order valence-corrected chi connectivity index (χ1v) is 5.05. The molecule has 0 amide bonds. The van der Waals surface area contributed by atoms with Crippen LogP contribution in [-0.4, -0.2) is 16.7 Å². The van der Waals surface area contributed by atoms with Crippen molar-refractivity contribution in [2.45, 2.75) is 32.6 Å². The molecule has 2 N–H and O–H groups in total. The van der Waals surface area contributed by atoms with E-state index < -0.39 is 0 Å². The van der Waals surface area contributed by atoms with Gasteiger partial charge in [-0.25, -0.2) is 0 Å². The lowest BCUT2D eigenvalue weighted by atomic mass is 10.2. The zero-order valence-electron chi connectivity index (χ0n) is 8.30. The summed E-state index contributed by atoms with van der Waals surface area (Å²) < 4.78 is 0. The molecular formula is C10H17N3. The highest BCUT2D eigenvalue weighted by Crippen LogP contribution is 2.39. The van der Waals surface area contributed by atoms with Crippen molar-refractivity contribution in [3.8, 4) is 0 Å². The predicted octanol–water partition coefficient (Wildman–Crippen LogP) is 2.35. The first kappa shape index (κ1) is 8.60. The first-order chi connectivity index (χ1) is 6.25. The predicted molar refractivity (Wildman–Crippen MR) is 53.9 cm³/mol. The lowest BCUT2D eigenvalue weighted by Gasteiger charge is -2.04. The maximum absolute atomic E-state index is 4.21. The molecule has 1 aromatic rings. The molecule has 0 spiro atoms. The molecule has 3 heteroatoms. The van der Waals surface area contributed by atoms with E-state index in [0.717, 1.165) is 18.3 Å². The first-order valence-electron chi connectivity index (χ1n) is 5.05. The minimum absolute atomic E-state index is 0.668. The van der Waals surface area contributed by atoms with Crippen molar-refractivity contribution in [1.29, 1.82) is 0 Å². The standard InChI is InChI=1S/C10H17N3/c1-7(2)6-11-10-5-9(12-13-10)8-3-4-8/h5,7-8H,3-4,6H2,1-2H3,(H2,11,12,13). The molecule has 1 heterocycles. The monoisotopic (exact) mass is 179 g/mol. The minimum atomic E-state index is 0.668. The average molecular weight is 179 g/mol. The van der Waals surface area contributed by atoms with Gasteiger partial charge in [0, 0.05) is 24.2 Å². The molecule has 0 unspecified atom stereocenters. The van der Waals surface area contributed by atoms with Gasteiger partial charge in [0.2, 0.25) is 0 Å². The van der Waals surface area contributed by atoms with Gasteiger partial charge in [-0.05, 0) is 18.8 Å². The third kappa shape index (κ3) is 2.23. The van der Waals surface area contributed by atoms with Gasteiger partial charge in [0.1, 0.15) is 5.82 Å². The molecular weight excluding hydrogens is 162 g/mol. The lowest BCUT2D eigenvalue weighted by Crippen LogP contribution is -2.07. The van der Waals surface area contributed by atoms with Gasteiger partial charge in [-0.1, -0.05) is 13.8 Å². The molecule has 0 saturated heterocycles. The number of hydrogen-bond acceptors (Lipinski definition) is 2. The number of nitrogens with one attached hydrogen (secondary N) is 2. The summed E-state index contributed by atoms with van der Waals surface area (Å²) >= 11 is 0. The average Bonchev–Trinajstić information content (AvgIpc) is 2.83. The molecule has 0 bridgehead atoms. The van der Waals surface area contributed by atoms with E-state index in [1.54, 1.807) is 0 Å². The van der Waals surface area contributed by atoms with E-state index in [1.165, 1.54) is 18.5 Å². The molecule has 1 aromatic heterocycles. The Kier molecular flexibility index (Phi) is 2.25. The van der Waals surface area contributed by atoms with Gasteiger partial charge in [-0.15, -0.1) is 0 Å². The number of aromatic nitrogens is 2. The van der Waals surface area contributed by atoms with E-state index in [2.05, 4.69) is 35.4 Å². The van der Waals surface area contributed by atoms with Gasteiger partial charge in [-0.3, -0.25) is 5.10 Å². The number of aromatic amines is 1. The summed E-state index contributed by atoms with van der Waals surface area (Å²) in [5, 5.41) is 10.6. The largest absolute Gasteiger partial charge is 0.368 e. The Morgan fingerprint density at radius 1 is 1.62 bits per heavy atom. The second-order valence-electron chi connectivity index (χ2n) is 4.26. The van der Waals surface area contributed by atoms with Crippen molar-refractivity contribution in [3.63, 3.8) is 0 Å². The second kappa shape index (κ2) is 3.40. The van der Waals surface area contributed by atoms with Crippen molar-refractivity contribution in [3.05, 3.63) is 11.8 Å². The third-order valence-corrected chi connectivity index (χ3v) is 2.31. The number of nitrogens with zero attached hydrogens (tertiary/aromatic N) is 1. The van der Waals surface area contributed by atoms with Gasteiger partial charge in [-0.2, -0.15) is 5.10 Å². The minimum Gasteiger partial charge on any atom is -0.368 e. The quantitative estimate of drug-likeness (QED) is 0.745. The molecule has 0 aliphatic heterocycles. The number of anilines is 1. The van der Waals surface area contributed by atoms with Crippen LogP contribution in [0.15, 0.2) is 6.07 Å². The number of rotatable bonds is 4. The summed E-state index contributed by atoms with van der Waals surface area (Å²) in [4.78, 5) is 0. The molecule has 1 aliphatic carbocycles. The van der Waals surface area contributed by atoms with Crippen LogP contribution < -0.4 is 5.32 Å². The molecule has 1 saturated carbocycles. The SMILES string of the molecule is CC(C)CNc1cc(C2CC2)[nH]n1. The molecule has 0 atom stereocenters. The van der Waals surface area contributed by atoms with E-state index in [9.17, 15) is 0 Å². The molecule has 13 heavy (non-hydrogen) atoms. The molecule has 0 aromatic carbocycles. The topological polar surface area (TPSA) is 40.7 Å². The van der Waals surface area contributed by atoms with Crippen LogP contribution in [0.3, 0.4) is 0 Å². The van der Waals surface area contributed by atoms with E-state index >= 15 is 0 Å². The molecule has 2 rings (SSSR count). The Balaban J connectivity index is 1.89. The van der Waals surface area contributed by atoms with Gasteiger partial charge < -0.3 is 5.32 Å². The van der Waals surface area contributed by atoms with Crippen molar-refractivity contribution >= 4 is 5.82 Å². The van der Waals surface area contributed by atoms with E-state index in [4.69, 9.17) is 0 Å². The molecule has 1 fully saturated rings. The van der Waals surface area contributed by atoms with Gasteiger partial charge in [0.05, 0.1) is 0 Å². The van der Waals surface area contributed by atoms with Crippen LogP contribution in [0.1, 0.15) is 38.3 Å². The normalized spacial score (nSPS) is 16.5. The Morgan fingerprint density at radius 3 is 3.00 bits per heavy atom. The summed E-state index contributed by atoms with van der Waals surface area (Å²) in [6.07, 6.45) is 2.65. The van der Waals surface area contributed by atoms with Crippen molar-refractivity contribution in [2.24, 2.45) is 5.92 Å². The second-order valence-corrected chi connectivity index (χ2v) is 4.26. The molecule has 72 valence electrons. The molecule has 3 nitrogen and oxygen atoms in total. The van der Waals surface area contributed by atoms with Crippen LogP contribution in [-0.2, 0) is 0 Å². The Bertz CT molecular complexity index is 273. The van der Waals surface area contributed by atoms with Crippen LogP contribution >= 0.6 is 0 Å². The Morgan fingerprint density at radius 2 is 2.38 bits per heavy atom. The number of H-pyrrole nitrogens is 1.